The minimum atomic E-state index is -0.504. The van der Waals surface area contributed by atoms with Crippen molar-refractivity contribution in [3.05, 3.63) is 67.7 Å². The van der Waals surface area contributed by atoms with Gasteiger partial charge in [-0.05, 0) is 36.4 Å². The van der Waals surface area contributed by atoms with E-state index in [9.17, 15) is 9.18 Å². The van der Waals surface area contributed by atoms with Crippen LogP contribution in [0.5, 0.6) is 11.5 Å². The van der Waals surface area contributed by atoms with Crippen LogP contribution in [-0.2, 0) is 0 Å². The maximum atomic E-state index is 14.1. The van der Waals surface area contributed by atoms with Crippen molar-refractivity contribution in [1.82, 2.24) is 14.6 Å². The molecular weight excluding hydrogens is 405 g/mol. The van der Waals surface area contributed by atoms with E-state index in [0.717, 1.165) is 11.3 Å². The lowest BCUT2D eigenvalue weighted by atomic mass is 10.2. The third-order valence-electron chi connectivity index (χ3n) is 4.17. The molecule has 0 saturated carbocycles. The molecule has 0 aliphatic rings. The highest BCUT2D eigenvalue weighted by Gasteiger charge is 2.16. The Kier molecular flexibility index (Phi) is 4.74. The van der Waals surface area contributed by atoms with Crippen LogP contribution in [0.3, 0.4) is 0 Å². The second-order valence-electron chi connectivity index (χ2n) is 5.76. The summed E-state index contributed by atoms with van der Waals surface area (Å²) in [4.78, 5) is 13.3. The van der Waals surface area contributed by atoms with Crippen molar-refractivity contribution in [2.24, 2.45) is 0 Å². The quantitative estimate of drug-likeness (QED) is 0.510. The van der Waals surface area contributed by atoms with Gasteiger partial charge in [0.1, 0.15) is 5.82 Å². The van der Waals surface area contributed by atoms with Crippen molar-refractivity contribution in [1.29, 1.82) is 0 Å². The van der Waals surface area contributed by atoms with Crippen molar-refractivity contribution in [2.45, 2.75) is 0 Å². The molecule has 142 valence electrons. The fourth-order valence-corrected chi connectivity index (χ4v) is 3.92. The summed E-state index contributed by atoms with van der Waals surface area (Å²) in [5, 5.41) is 8.41. The maximum Gasteiger partial charge on any atom is 0.276 e. The van der Waals surface area contributed by atoms with Gasteiger partial charge in [0.25, 0.3) is 5.56 Å². The fraction of sp³-hybridized carbons (Fsp3) is 0.105. The Labute approximate surface area is 167 Å². The molecule has 0 atom stereocenters. The van der Waals surface area contributed by atoms with E-state index in [1.54, 1.807) is 24.3 Å². The number of benzene rings is 2. The van der Waals surface area contributed by atoms with Crippen molar-refractivity contribution >= 4 is 34.0 Å². The highest BCUT2D eigenvalue weighted by Crippen LogP contribution is 2.31. The molecule has 0 spiro atoms. The zero-order valence-corrected chi connectivity index (χ0v) is 16.3. The first-order valence-corrected chi connectivity index (χ1v) is 9.29. The van der Waals surface area contributed by atoms with Crippen LogP contribution < -0.4 is 19.6 Å². The largest absolute Gasteiger partial charge is 0.493 e. The van der Waals surface area contributed by atoms with Crippen LogP contribution in [-0.4, -0.2) is 28.8 Å². The number of hydrogen-bond donors (Lipinski definition) is 0. The number of nitrogens with zero attached hydrogens (tertiary/aromatic N) is 3. The van der Waals surface area contributed by atoms with Gasteiger partial charge >= 0.3 is 0 Å². The summed E-state index contributed by atoms with van der Waals surface area (Å²) in [5.74, 6) is 0.917. The number of fused-ring (bicyclic) bond motifs is 1. The summed E-state index contributed by atoms with van der Waals surface area (Å²) in [6.07, 6.45) is 1.43. The molecule has 0 unspecified atom stereocenters. The Morgan fingerprint density at radius 3 is 2.64 bits per heavy atom. The highest BCUT2D eigenvalue weighted by molar-refractivity contribution is 7.15. The fourth-order valence-electron chi connectivity index (χ4n) is 2.80. The molecule has 2 heterocycles. The normalized spacial score (nSPS) is 11.9. The summed E-state index contributed by atoms with van der Waals surface area (Å²) in [6.45, 7) is 0. The van der Waals surface area contributed by atoms with E-state index in [2.05, 4.69) is 10.2 Å². The topological polar surface area (TPSA) is 65.7 Å². The van der Waals surface area contributed by atoms with E-state index in [0.29, 0.717) is 32.4 Å². The summed E-state index contributed by atoms with van der Waals surface area (Å²) in [5.41, 5.74) is 0.441. The van der Waals surface area contributed by atoms with Gasteiger partial charge in [-0.25, -0.2) is 8.79 Å². The van der Waals surface area contributed by atoms with Gasteiger partial charge in [-0.2, -0.15) is 0 Å². The zero-order valence-electron chi connectivity index (χ0n) is 14.8. The number of rotatable bonds is 4. The van der Waals surface area contributed by atoms with Gasteiger partial charge in [0.15, 0.2) is 17.3 Å². The lowest BCUT2D eigenvalue weighted by Crippen LogP contribution is -2.23. The number of ether oxygens (including phenoxy) is 2. The van der Waals surface area contributed by atoms with Crippen molar-refractivity contribution < 1.29 is 13.9 Å². The Morgan fingerprint density at radius 2 is 1.93 bits per heavy atom. The van der Waals surface area contributed by atoms with Crippen molar-refractivity contribution in [3.8, 4) is 22.9 Å². The monoisotopic (exact) mass is 417 g/mol. The average molecular weight is 418 g/mol. The predicted octanol–water partition coefficient (Wildman–Crippen LogP) is 3.18. The van der Waals surface area contributed by atoms with Crippen LogP contribution in [0.25, 0.3) is 22.4 Å². The SMILES string of the molecule is COc1ccc(-c2nnc3sc(=Cc4c(F)cccc4Cl)c(=O)n23)cc1OC. The van der Waals surface area contributed by atoms with Crippen LogP contribution in [0.2, 0.25) is 5.02 Å². The van der Waals surface area contributed by atoms with Crippen LogP contribution in [0, 0.1) is 5.82 Å². The summed E-state index contributed by atoms with van der Waals surface area (Å²) >= 11 is 7.17. The zero-order chi connectivity index (χ0) is 19.8. The third kappa shape index (κ3) is 3.00. The molecule has 4 aromatic rings. The molecule has 0 aliphatic carbocycles. The second kappa shape index (κ2) is 7.21. The smallest absolute Gasteiger partial charge is 0.276 e. The van der Waals surface area contributed by atoms with Crippen LogP contribution >= 0.6 is 22.9 Å². The first-order valence-electron chi connectivity index (χ1n) is 8.09. The molecule has 6 nitrogen and oxygen atoms in total. The van der Waals surface area contributed by atoms with Crippen LogP contribution in [0.1, 0.15) is 5.56 Å². The molecule has 0 bridgehead atoms. The summed E-state index contributed by atoms with van der Waals surface area (Å²) < 4.78 is 26.3. The van der Waals surface area contributed by atoms with Gasteiger partial charge in [0.2, 0.25) is 4.96 Å². The number of methoxy groups -OCH3 is 2. The Balaban J connectivity index is 1.91. The second-order valence-corrected chi connectivity index (χ2v) is 7.18. The molecule has 0 radical (unpaired) electrons. The van der Waals surface area contributed by atoms with E-state index < -0.39 is 5.82 Å². The van der Waals surface area contributed by atoms with Gasteiger partial charge in [-0.15, -0.1) is 10.2 Å². The first kappa shape index (κ1) is 18.4. The standard InChI is InChI=1S/C19H13ClFN3O3S/c1-26-14-7-6-10(8-15(14)27-2)17-22-23-19-24(17)18(25)16(28-19)9-11-12(20)4-3-5-13(11)21/h3-9H,1-2H3. The number of hydrogen-bond acceptors (Lipinski definition) is 6. The van der Waals surface area contributed by atoms with E-state index >= 15 is 0 Å². The van der Waals surface area contributed by atoms with Gasteiger partial charge < -0.3 is 9.47 Å². The minimum absolute atomic E-state index is 0.159. The number of thiazole rings is 1. The van der Waals surface area contributed by atoms with Gasteiger partial charge in [-0.3, -0.25) is 4.79 Å². The molecule has 28 heavy (non-hydrogen) atoms. The van der Waals surface area contributed by atoms with E-state index in [4.69, 9.17) is 21.1 Å². The molecule has 2 aromatic carbocycles. The maximum absolute atomic E-state index is 14.1. The van der Waals surface area contributed by atoms with E-state index in [1.807, 2.05) is 0 Å². The average Bonchev–Trinajstić information content (AvgIpc) is 3.24. The Morgan fingerprint density at radius 1 is 1.14 bits per heavy atom. The molecule has 0 fully saturated rings. The van der Waals surface area contributed by atoms with Crippen LogP contribution in [0.15, 0.2) is 41.2 Å². The molecule has 9 heteroatoms. The van der Waals surface area contributed by atoms with E-state index in [-0.39, 0.29) is 16.1 Å². The molecule has 2 aromatic heterocycles. The Bertz CT molecular complexity index is 1280. The van der Waals surface area contributed by atoms with Gasteiger partial charge in [-0.1, -0.05) is 29.0 Å². The first-order chi connectivity index (χ1) is 13.5. The predicted molar refractivity (Wildman–Crippen MR) is 106 cm³/mol. The van der Waals surface area contributed by atoms with E-state index in [1.165, 1.54) is 36.8 Å². The lowest BCUT2D eigenvalue weighted by molar-refractivity contribution is 0.355. The van der Waals surface area contributed by atoms with Gasteiger partial charge in [0.05, 0.1) is 23.8 Å². The third-order valence-corrected chi connectivity index (χ3v) is 5.45. The molecule has 0 N–H and O–H groups in total. The lowest BCUT2D eigenvalue weighted by Gasteiger charge is -2.08. The van der Waals surface area contributed by atoms with Crippen LogP contribution in [0.4, 0.5) is 4.39 Å². The van der Waals surface area contributed by atoms with Crippen molar-refractivity contribution in [3.63, 3.8) is 0 Å². The molecular formula is C19H13ClFN3O3S. The molecule has 0 amide bonds. The minimum Gasteiger partial charge on any atom is -0.493 e. The summed E-state index contributed by atoms with van der Waals surface area (Å²) in [6, 6.07) is 9.55. The molecule has 4 rings (SSSR count). The number of halogens is 2. The number of aromatic nitrogens is 3. The molecule has 0 saturated heterocycles. The molecule has 0 aliphatic heterocycles. The van der Waals surface area contributed by atoms with Gasteiger partial charge in [0, 0.05) is 11.1 Å². The van der Waals surface area contributed by atoms with Crippen molar-refractivity contribution in [2.75, 3.05) is 14.2 Å². The highest BCUT2D eigenvalue weighted by atomic mass is 35.5. The Hall–Kier alpha value is -2.97. The summed E-state index contributed by atoms with van der Waals surface area (Å²) in [7, 11) is 3.06.